The molecule has 0 aromatic heterocycles. The number of benzene rings is 1. The predicted octanol–water partition coefficient (Wildman–Crippen LogP) is 3.49. The molecule has 10 nitrogen and oxygen atoms in total. The Labute approximate surface area is 204 Å². The van der Waals surface area contributed by atoms with Gasteiger partial charge >= 0.3 is 11.9 Å². The standard InChI is InChI=1S/C25H33N3O7/c1-13(2)21(24(31)35-25(5,6)7)27-22(29)18-14(3)26-15(4)19(23(30)34-8)20(18)16-9-11-17(12-10-16)28(32)33/h9-13,20-21,26H,1-8H3,(H,27,29)/t20?,21-/m0/s1. The summed E-state index contributed by atoms with van der Waals surface area (Å²) in [5.74, 6) is -2.95. The van der Waals surface area contributed by atoms with Crippen molar-refractivity contribution in [1.29, 1.82) is 0 Å². The Kier molecular flexibility index (Phi) is 8.43. The Hall–Kier alpha value is -3.69. The molecule has 0 spiro atoms. The molecule has 1 unspecified atom stereocenters. The second kappa shape index (κ2) is 10.7. The third kappa shape index (κ3) is 6.46. The fourth-order valence-electron chi connectivity index (χ4n) is 3.88. The van der Waals surface area contributed by atoms with Crippen molar-refractivity contribution in [3.8, 4) is 0 Å². The van der Waals surface area contributed by atoms with Gasteiger partial charge in [0.15, 0.2) is 0 Å². The predicted molar refractivity (Wildman–Crippen MR) is 129 cm³/mol. The smallest absolute Gasteiger partial charge is 0.336 e. The van der Waals surface area contributed by atoms with E-state index in [-0.39, 0.29) is 22.8 Å². The van der Waals surface area contributed by atoms with E-state index in [1.54, 1.807) is 48.5 Å². The molecule has 1 aromatic rings. The molecule has 2 rings (SSSR count). The summed E-state index contributed by atoms with van der Waals surface area (Å²) in [6.45, 7) is 12.1. The van der Waals surface area contributed by atoms with Gasteiger partial charge in [0.05, 0.1) is 23.5 Å². The minimum Gasteiger partial charge on any atom is -0.466 e. The normalized spacial score (nSPS) is 17.0. The van der Waals surface area contributed by atoms with Gasteiger partial charge < -0.3 is 20.1 Å². The van der Waals surface area contributed by atoms with Crippen LogP contribution in [0.2, 0.25) is 0 Å². The number of dihydropyridines is 1. The van der Waals surface area contributed by atoms with Crippen LogP contribution < -0.4 is 10.6 Å². The van der Waals surface area contributed by atoms with Gasteiger partial charge in [0.25, 0.3) is 11.6 Å². The number of rotatable bonds is 7. The van der Waals surface area contributed by atoms with Crippen molar-refractivity contribution in [3.05, 3.63) is 62.5 Å². The lowest BCUT2D eigenvalue weighted by molar-refractivity contribution is -0.384. The summed E-state index contributed by atoms with van der Waals surface area (Å²) < 4.78 is 10.5. The van der Waals surface area contributed by atoms with Gasteiger partial charge in [-0.15, -0.1) is 0 Å². The maximum absolute atomic E-state index is 13.6. The van der Waals surface area contributed by atoms with E-state index in [1.807, 2.05) is 0 Å². The Bertz CT molecular complexity index is 1080. The van der Waals surface area contributed by atoms with Gasteiger partial charge in [0.2, 0.25) is 0 Å². The number of esters is 2. The molecule has 35 heavy (non-hydrogen) atoms. The van der Waals surface area contributed by atoms with E-state index in [1.165, 1.54) is 31.4 Å². The van der Waals surface area contributed by atoms with E-state index < -0.39 is 40.3 Å². The van der Waals surface area contributed by atoms with Crippen LogP contribution in [0.1, 0.15) is 59.9 Å². The number of methoxy groups -OCH3 is 1. The summed E-state index contributed by atoms with van der Waals surface area (Å²) in [5.41, 5.74) is 0.966. The van der Waals surface area contributed by atoms with E-state index in [4.69, 9.17) is 9.47 Å². The topological polar surface area (TPSA) is 137 Å². The molecule has 1 aromatic carbocycles. The van der Waals surface area contributed by atoms with Gasteiger partial charge in [-0.25, -0.2) is 9.59 Å². The van der Waals surface area contributed by atoms with Crippen LogP contribution in [0.3, 0.4) is 0 Å². The lowest BCUT2D eigenvalue weighted by Crippen LogP contribution is -2.49. The third-order valence-corrected chi connectivity index (χ3v) is 5.46. The number of allylic oxidation sites excluding steroid dienone is 2. The minimum atomic E-state index is -0.937. The molecule has 1 heterocycles. The van der Waals surface area contributed by atoms with Crippen LogP contribution in [0.15, 0.2) is 46.8 Å². The first-order chi connectivity index (χ1) is 16.2. The van der Waals surface area contributed by atoms with Gasteiger partial charge in [0, 0.05) is 29.1 Å². The van der Waals surface area contributed by atoms with Crippen LogP contribution in [0, 0.1) is 16.0 Å². The number of nitro benzene ring substituents is 1. The highest BCUT2D eigenvalue weighted by molar-refractivity contribution is 6.03. The number of nitro groups is 1. The molecular weight excluding hydrogens is 454 g/mol. The quantitative estimate of drug-likeness (QED) is 0.339. The van der Waals surface area contributed by atoms with E-state index in [2.05, 4.69) is 10.6 Å². The van der Waals surface area contributed by atoms with Crippen molar-refractivity contribution < 1.29 is 28.8 Å². The highest BCUT2D eigenvalue weighted by Gasteiger charge is 2.39. The number of nitrogens with one attached hydrogen (secondary N) is 2. The maximum atomic E-state index is 13.6. The number of carbonyl (C=O) groups excluding carboxylic acids is 3. The third-order valence-electron chi connectivity index (χ3n) is 5.46. The summed E-state index contributed by atoms with van der Waals surface area (Å²) >= 11 is 0. The van der Waals surface area contributed by atoms with E-state index >= 15 is 0 Å². The molecule has 1 amide bonds. The molecular formula is C25H33N3O7. The van der Waals surface area contributed by atoms with E-state index in [0.717, 1.165) is 0 Å². The lowest BCUT2D eigenvalue weighted by Gasteiger charge is -2.32. The van der Waals surface area contributed by atoms with Crippen LogP contribution in [0.4, 0.5) is 5.69 Å². The lowest BCUT2D eigenvalue weighted by atomic mass is 9.79. The summed E-state index contributed by atoms with van der Waals surface area (Å²) in [5, 5.41) is 16.9. The van der Waals surface area contributed by atoms with Gasteiger partial charge in [-0.2, -0.15) is 0 Å². The first-order valence-electron chi connectivity index (χ1n) is 11.2. The number of non-ortho nitro benzene ring substituents is 1. The average Bonchev–Trinajstić information content (AvgIpc) is 2.74. The summed E-state index contributed by atoms with van der Waals surface area (Å²) in [7, 11) is 1.23. The van der Waals surface area contributed by atoms with E-state index in [0.29, 0.717) is 17.0 Å². The van der Waals surface area contributed by atoms with Crippen molar-refractivity contribution in [1.82, 2.24) is 10.6 Å². The monoisotopic (exact) mass is 487 g/mol. The number of carbonyl (C=O) groups is 3. The first kappa shape index (κ1) is 27.6. The molecule has 0 fully saturated rings. The number of amides is 1. The molecule has 0 aliphatic carbocycles. The summed E-state index contributed by atoms with van der Waals surface area (Å²) in [6, 6.07) is 4.68. The van der Waals surface area contributed by atoms with Crippen LogP contribution in [0.5, 0.6) is 0 Å². The molecule has 0 bridgehead atoms. The molecule has 2 N–H and O–H groups in total. The van der Waals surface area contributed by atoms with Crippen LogP contribution >= 0.6 is 0 Å². The van der Waals surface area contributed by atoms with Gasteiger partial charge in [0.1, 0.15) is 11.6 Å². The number of ether oxygens (including phenoxy) is 2. The molecule has 1 aliphatic rings. The van der Waals surface area contributed by atoms with Crippen LogP contribution in [-0.2, 0) is 23.9 Å². The molecule has 190 valence electrons. The summed E-state index contributed by atoms with van der Waals surface area (Å²) in [4.78, 5) is 49.8. The zero-order valence-corrected chi connectivity index (χ0v) is 21.3. The SMILES string of the molecule is COC(=O)C1=C(C)NC(C)=C(C(=O)N[C@H](C(=O)OC(C)(C)C)C(C)C)C1c1ccc([N+](=O)[O-])cc1. The van der Waals surface area contributed by atoms with Crippen LogP contribution in [0.25, 0.3) is 0 Å². The average molecular weight is 488 g/mol. The minimum absolute atomic E-state index is 0.125. The molecule has 0 saturated carbocycles. The van der Waals surface area contributed by atoms with Crippen molar-refractivity contribution >= 4 is 23.5 Å². The second-order valence-electron chi connectivity index (χ2n) is 9.70. The van der Waals surface area contributed by atoms with Gasteiger partial charge in [-0.05, 0) is 46.1 Å². The van der Waals surface area contributed by atoms with Crippen LogP contribution in [-0.4, -0.2) is 41.5 Å². The second-order valence-corrected chi connectivity index (χ2v) is 9.70. The zero-order chi connectivity index (χ0) is 26.7. The molecule has 0 saturated heterocycles. The number of hydrogen-bond donors (Lipinski definition) is 2. The first-order valence-corrected chi connectivity index (χ1v) is 11.2. The van der Waals surface area contributed by atoms with Gasteiger partial charge in [-0.3, -0.25) is 14.9 Å². The Morgan fingerprint density at radius 1 is 1.06 bits per heavy atom. The van der Waals surface area contributed by atoms with E-state index in [9.17, 15) is 24.5 Å². The van der Waals surface area contributed by atoms with Gasteiger partial charge in [-0.1, -0.05) is 26.0 Å². The molecule has 1 aliphatic heterocycles. The largest absolute Gasteiger partial charge is 0.466 e. The Balaban J connectivity index is 2.56. The van der Waals surface area contributed by atoms with Crippen molar-refractivity contribution in [2.45, 2.75) is 66.0 Å². The number of nitrogens with zero attached hydrogens (tertiary/aromatic N) is 1. The molecule has 0 radical (unpaired) electrons. The highest BCUT2D eigenvalue weighted by Crippen LogP contribution is 2.39. The van der Waals surface area contributed by atoms with Crippen molar-refractivity contribution in [3.63, 3.8) is 0 Å². The van der Waals surface area contributed by atoms with Crippen molar-refractivity contribution in [2.75, 3.05) is 7.11 Å². The molecule has 2 atom stereocenters. The Morgan fingerprint density at radius 2 is 1.60 bits per heavy atom. The highest BCUT2D eigenvalue weighted by atomic mass is 16.6. The zero-order valence-electron chi connectivity index (χ0n) is 21.3. The van der Waals surface area contributed by atoms with Crippen molar-refractivity contribution in [2.24, 2.45) is 5.92 Å². The Morgan fingerprint density at radius 3 is 2.06 bits per heavy atom. The molecule has 10 heteroatoms. The number of hydrogen-bond acceptors (Lipinski definition) is 8. The maximum Gasteiger partial charge on any atom is 0.336 e. The summed E-state index contributed by atoms with van der Waals surface area (Å²) in [6.07, 6.45) is 0. The fraction of sp³-hybridized carbons (Fsp3) is 0.480. The fourth-order valence-corrected chi connectivity index (χ4v) is 3.88.